The molecule has 4 nitrogen and oxygen atoms in total. The van der Waals surface area contributed by atoms with Gasteiger partial charge in [0.2, 0.25) is 5.11 Å². The van der Waals surface area contributed by atoms with Gasteiger partial charge < -0.3 is 9.64 Å². The number of ether oxygens (including phenoxy) is 1. The summed E-state index contributed by atoms with van der Waals surface area (Å²) >= 11 is 10.7. The van der Waals surface area contributed by atoms with Gasteiger partial charge in [0.1, 0.15) is 18.2 Å². The van der Waals surface area contributed by atoms with Crippen molar-refractivity contribution in [3.8, 4) is 5.75 Å². The van der Waals surface area contributed by atoms with Crippen molar-refractivity contribution in [1.29, 1.82) is 0 Å². The highest BCUT2D eigenvalue weighted by Crippen LogP contribution is 2.22. The van der Waals surface area contributed by atoms with Crippen molar-refractivity contribution in [2.24, 2.45) is 10.2 Å². The van der Waals surface area contributed by atoms with Gasteiger partial charge in [-0.05, 0) is 24.4 Å². The van der Waals surface area contributed by atoms with Crippen molar-refractivity contribution in [3.63, 3.8) is 0 Å². The third kappa shape index (κ3) is 3.27. The molecule has 0 bridgehead atoms. The van der Waals surface area contributed by atoms with Gasteiger partial charge in [-0.25, -0.2) is 4.39 Å². The summed E-state index contributed by atoms with van der Waals surface area (Å²) in [5.41, 5.74) is 0. The molecule has 0 aromatic heterocycles. The van der Waals surface area contributed by atoms with Gasteiger partial charge in [0.15, 0.2) is 6.17 Å². The second kappa shape index (κ2) is 6.08. The van der Waals surface area contributed by atoms with Gasteiger partial charge in [-0.15, -0.1) is 11.7 Å². The Kier molecular flexibility index (Phi) is 4.44. The number of hydrogen-bond acceptors (Lipinski definition) is 3. The highest BCUT2D eigenvalue weighted by atomic mass is 35.5. The zero-order valence-corrected chi connectivity index (χ0v) is 11.5. The van der Waals surface area contributed by atoms with Crippen LogP contribution in [0, 0.1) is 5.82 Å². The molecule has 1 aromatic rings. The number of benzene rings is 1. The zero-order chi connectivity index (χ0) is 13.8. The van der Waals surface area contributed by atoms with E-state index in [-0.39, 0.29) is 17.8 Å². The summed E-state index contributed by atoms with van der Waals surface area (Å²) in [7, 11) is 0. The Morgan fingerprint density at radius 2 is 2.37 bits per heavy atom. The van der Waals surface area contributed by atoms with Crippen molar-refractivity contribution < 1.29 is 9.13 Å². The van der Waals surface area contributed by atoms with Gasteiger partial charge in [-0.3, -0.25) is 0 Å². The van der Waals surface area contributed by atoms with Crippen molar-refractivity contribution >= 4 is 28.9 Å². The number of azo groups is 1. The van der Waals surface area contributed by atoms with Crippen LogP contribution in [0.3, 0.4) is 0 Å². The van der Waals surface area contributed by atoms with Crippen LogP contribution in [-0.2, 0) is 0 Å². The molecule has 0 aliphatic carbocycles. The highest BCUT2D eigenvalue weighted by molar-refractivity contribution is 7.80. The van der Waals surface area contributed by atoms with Crippen LogP contribution < -0.4 is 4.74 Å². The van der Waals surface area contributed by atoms with Crippen LogP contribution in [0.1, 0.15) is 0 Å². The van der Waals surface area contributed by atoms with Gasteiger partial charge in [0.25, 0.3) is 0 Å². The van der Waals surface area contributed by atoms with Gasteiger partial charge in [0, 0.05) is 12.6 Å². The Balaban J connectivity index is 1.98. The number of nitrogens with zero attached hydrogens (tertiary/aromatic N) is 3. The molecule has 0 amide bonds. The fraction of sp³-hybridized carbons (Fsp3) is 0.250. The van der Waals surface area contributed by atoms with Crippen molar-refractivity contribution in [1.82, 2.24) is 4.90 Å². The molecule has 1 unspecified atom stereocenters. The first-order valence-corrected chi connectivity index (χ1v) is 6.30. The predicted octanol–water partition coefficient (Wildman–Crippen LogP) is 3.42. The van der Waals surface area contributed by atoms with Crippen LogP contribution in [0.2, 0.25) is 5.02 Å². The summed E-state index contributed by atoms with van der Waals surface area (Å²) in [4.78, 5) is 1.79. The van der Waals surface area contributed by atoms with E-state index >= 15 is 0 Å². The zero-order valence-electron chi connectivity index (χ0n) is 9.92. The van der Waals surface area contributed by atoms with Crippen LogP contribution >= 0.6 is 23.8 Å². The molecular formula is C12H11ClFN3OS. The highest BCUT2D eigenvalue weighted by Gasteiger charge is 2.25. The van der Waals surface area contributed by atoms with Crippen LogP contribution in [0.25, 0.3) is 0 Å². The van der Waals surface area contributed by atoms with Crippen LogP contribution in [0.15, 0.2) is 41.1 Å². The lowest BCUT2D eigenvalue weighted by molar-refractivity contribution is 0.219. The smallest absolute Gasteiger partial charge is 0.218 e. The Morgan fingerprint density at radius 1 is 1.58 bits per heavy atom. The molecular weight excluding hydrogens is 289 g/mol. The third-order valence-electron chi connectivity index (χ3n) is 2.50. The molecule has 0 radical (unpaired) electrons. The summed E-state index contributed by atoms with van der Waals surface area (Å²) in [6.07, 6.45) is 1.42. The number of halogens is 2. The predicted molar refractivity (Wildman–Crippen MR) is 75.1 cm³/mol. The van der Waals surface area contributed by atoms with Gasteiger partial charge in [-0.2, -0.15) is 5.11 Å². The molecule has 1 aliphatic heterocycles. The summed E-state index contributed by atoms with van der Waals surface area (Å²) in [6.45, 7) is 4.44. The maximum absolute atomic E-state index is 13.0. The maximum atomic E-state index is 13.0. The lowest BCUT2D eigenvalue weighted by Crippen LogP contribution is -2.36. The minimum absolute atomic E-state index is 0.0176. The van der Waals surface area contributed by atoms with E-state index in [1.807, 2.05) is 0 Å². The molecule has 100 valence electrons. The standard InChI is InChI=1S/C12H11ClFN3OS/c1-2-5-17-11(15-16-12(17)19)7-18-8-3-4-10(14)9(13)6-8/h2-4,6,11H,1,5,7H2. The lowest BCUT2D eigenvalue weighted by Gasteiger charge is -2.21. The summed E-state index contributed by atoms with van der Waals surface area (Å²) in [6, 6.07) is 4.17. The molecule has 0 saturated heterocycles. The average Bonchev–Trinajstić information content (AvgIpc) is 2.73. The molecule has 1 aliphatic rings. The van der Waals surface area contributed by atoms with E-state index < -0.39 is 5.82 Å². The van der Waals surface area contributed by atoms with E-state index in [0.717, 1.165) is 0 Å². The molecule has 1 heterocycles. The first-order valence-electron chi connectivity index (χ1n) is 5.52. The third-order valence-corrected chi connectivity index (χ3v) is 3.10. The van der Waals surface area contributed by atoms with E-state index in [0.29, 0.717) is 17.4 Å². The van der Waals surface area contributed by atoms with Gasteiger partial charge >= 0.3 is 0 Å². The first kappa shape index (κ1) is 13.9. The summed E-state index contributed by atoms with van der Waals surface area (Å²) < 4.78 is 18.5. The molecule has 19 heavy (non-hydrogen) atoms. The Hall–Kier alpha value is -1.53. The number of rotatable bonds is 5. The molecule has 1 aromatic carbocycles. The first-order chi connectivity index (χ1) is 9.11. The second-order valence-electron chi connectivity index (χ2n) is 3.81. The fourth-order valence-corrected chi connectivity index (χ4v) is 1.98. The average molecular weight is 300 g/mol. The van der Waals surface area contributed by atoms with Crippen molar-refractivity contribution in [2.45, 2.75) is 6.17 Å². The summed E-state index contributed by atoms with van der Waals surface area (Å²) in [5.74, 6) is -0.0120. The Bertz CT molecular complexity index is 538. The fourth-order valence-electron chi connectivity index (χ4n) is 1.56. The SMILES string of the molecule is C=CCN1C(=S)N=NC1COc1ccc(F)c(Cl)c1. The van der Waals surface area contributed by atoms with E-state index in [2.05, 4.69) is 16.8 Å². The van der Waals surface area contributed by atoms with E-state index in [1.54, 1.807) is 11.0 Å². The molecule has 0 fully saturated rings. The number of thiocarbonyl (C=S) groups is 1. The van der Waals surface area contributed by atoms with Crippen molar-refractivity contribution in [2.75, 3.05) is 13.2 Å². The molecule has 7 heteroatoms. The minimum Gasteiger partial charge on any atom is -0.489 e. The normalized spacial score (nSPS) is 17.9. The topological polar surface area (TPSA) is 37.2 Å². The van der Waals surface area contributed by atoms with Crippen LogP contribution in [0.4, 0.5) is 4.39 Å². The van der Waals surface area contributed by atoms with Crippen LogP contribution in [-0.4, -0.2) is 29.3 Å². The largest absolute Gasteiger partial charge is 0.489 e. The molecule has 0 N–H and O–H groups in total. The number of hydrogen-bond donors (Lipinski definition) is 0. The van der Waals surface area contributed by atoms with Crippen LogP contribution in [0.5, 0.6) is 5.75 Å². The molecule has 1 atom stereocenters. The van der Waals surface area contributed by atoms with Crippen molar-refractivity contribution in [3.05, 3.63) is 41.7 Å². The quantitative estimate of drug-likeness (QED) is 0.617. The van der Waals surface area contributed by atoms with Gasteiger partial charge in [0.05, 0.1) is 5.02 Å². The van der Waals surface area contributed by atoms with E-state index in [4.69, 9.17) is 28.6 Å². The van der Waals surface area contributed by atoms with Gasteiger partial charge in [-0.1, -0.05) is 17.7 Å². The Morgan fingerprint density at radius 3 is 3.05 bits per heavy atom. The monoisotopic (exact) mass is 299 g/mol. The molecule has 0 saturated carbocycles. The Labute approximate surface area is 120 Å². The summed E-state index contributed by atoms with van der Waals surface area (Å²) in [5, 5.41) is 8.26. The minimum atomic E-state index is -0.482. The van der Waals surface area contributed by atoms with E-state index in [1.165, 1.54) is 18.2 Å². The van der Waals surface area contributed by atoms with E-state index in [9.17, 15) is 4.39 Å². The second-order valence-corrected chi connectivity index (χ2v) is 4.58. The molecule has 2 rings (SSSR count). The molecule has 0 spiro atoms. The lowest BCUT2D eigenvalue weighted by atomic mass is 10.3. The maximum Gasteiger partial charge on any atom is 0.218 e.